The highest BCUT2D eigenvalue weighted by atomic mass is 16.5. The topological polar surface area (TPSA) is 84.5 Å². The Hall–Kier alpha value is -2.37. The van der Waals surface area contributed by atoms with Gasteiger partial charge in [-0.1, -0.05) is 0 Å². The van der Waals surface area contributed by atoms with E-state index in [2.05, 4.69) is 10.6 Å². The second-order valence-electron chi connectivity index (χ2n) is 8.40. The van der Waals surface area contributed by atoms with E-state index in [9.17, 15) is 14.4 Å². The van der Waals surface area contributed by atoms with Crippen LogP contribution in [0.3, 0.4) is 0 Å². The fourth-order valence-electron chi connectivity index (χ4n) is 5.65. The van der Waals surface area contributed by atoms with E-state index in [4.69, 9.17) is 4.74 Å². The van der Waals surface area contributed by atoms with Crippen molar-refractivity contribution in [3.63, 3.8) is 0 Å². The predicted molar refractivity (Wildman–Crippen MR) is 100 cm³/mol. The Morgan fingerprint density at radius 1 is 0.963 bits per heavy atom. The van der Waals surface area contributed by atoms with E-state index in [-0.39, 0.29) is 5.54 Å². The van der Waals surface area contributed by atoms with Crippen LogP contribution in [0.15, 0.2) is 24.3 Å². The number of amides is 2. The summed E-state index contributed by atoms with van der Waals surface area (Å²) in [5, 5.41) is 5.69. The first-order valence-corrected chi connectivity index (χ1v) is 9.87. The molecule has 0 aliphatic heterocycles. The summed E-state index contributed by atoms with van der Waals surface area (Å²) in [6.45, 7) is 2.05. The van der Waals surface area contributed by atoms with Gasteiger partial charge in [0.25, 0.3) is 0 Å². The molecule has 0 saturated heterocycles. The monoisotopic (exact) mass is 370 g/mol. The third kappa shape index (κ3) is 3.70. The van der Waals surface area contributed by atoms with Crippen LogP contribution in [0.25, 0.3) is 0 Å². The molecular weight excluding hydrogens is 344 g/mol. The Bertz CT molecular complexity index is 721. The molecule has 0 atom stereocenters. The van der Waals surface area contributed by atoms with Gasteiger partial charge in [-0.05, 0) is 87.5 Å². The first-order valence-electron chi connectivity index (χ1n) is 9.87. The average molecular weight is 370 g/mol. The van der Waals surface area contributed by atoms with Crippen LogP contribution >= 0.6 is 0 Å². The van der Waals surface area contributed by atoms with Gasteiger partial charge in [0.2, 0.25) is 0 Å². The average Bonchev–Trinajstić information content (AvgIpc) is 2.61. The SMILES string of the molecule is CCOC(=O)c1ccc(NC(=O)C(=O)NC23CC4CC(CC(C4)C2)C3)cc1. The highest BCUT2D eigenvalue weighted by Crippen LogP contribution is 2.55. The van der Waals surface area contributed by atoms with E-state index in [0.717, 1.165) is 19.3 Å². The molecule has 0 unspecified atom stereocenters. The fourth-order valence-corrected chi connectivity index (χ4v) is 5.65. The van der Waals surface area contributed by atoms with Crippen molar-refractivity contribution in [2.75, 3.05) is 11.9 Å². The van der Waals surface area contributed by atoms with Gasteiger partial charge < -0.3 is 15.4 Å². The Morgan fingerprint density at radius 2 is 1.52 bits per heavy atom. The molecule has 2 amide bonds. The summed E-state index contributed by atoms with van der Waals surface area (Å²) < 4.78 is 4.93. The minimum Gasteiger partial charge on any atom is -0.462 e. The van der Waals surface area contributed by atoms with Gasteiger partial charge in [0.15, 0.2) is 0 Å². The second kappa shape index (κ2) is 6.98. The number of hydrogen-bond donors (Lipinski definition) is 2. The molecular formula is C21H26N2O4. The minimum absolute atomic E-state index is 0.184. The van der Waals surface area contributed by atoms with Gasteiger partial charge in [-0.25, -0.2) is 4.79 Å². The van der Waals surface area contributed by atoms with Crippen molar-refractivity contribution in [2.24, 2.45) is 17.8 Å². The normalized spacial score (nSPS) is 30.6. The third-order valence-electron chi connectivity index (χ3n) is 6.28. The smallest absolute Gasteiger partial charge is 0.338 e. The van der Waals surface area contributed by atoms with Crippen molar-refractivity contribution in [2.45, 2.75) is 51.0 Å². The number of nitrogens with one attached hydrogen (secondary N) is 2. The highest BCUT2D eigenvalue weighted by Gasteiger charge is 2.51. The number of ether oxygens (including phenoxy) is 1. The predicted octanol–water partition coefficient (Wildman–Crippen LogP) is 2.89. The van der Waals surface area contributed by atoms with E-state index >= 15 is 0 Å². The molecule has 27 heavy (non-hydrogen) atoms. The van der Waals surface area contributed by atoms with E-state index in [1.165, 1.54) is 19.3 Å². The van der Waals surface area contributed by atoms with Crippen molar-refractivity contribution in [1.29, 1.82) is 0 Å². The standard InChI is InChI=1S/C21H26N2O4/c1-2-27-20(26)16-3-5-17(6-4-16)22-18(24)19(25)23-21-10-13-7-14(11-21)9-15(8-13)12-21/h3-6,13-15H,2,7-12H2,1H3,(H,22,24)(H,23,25). The molecule has 0 aromatic heterocycles. The van der Waals surface area contributed by atoms with Crippen molar-refractivity contribution >= 4 is 23.5 Å². The zero-order chi connectivity index (χ0) is 19.0. The molecule has 144 valence electrons. The maximum atomic E-state index is 12.5. The maximum absolute atomic E-state index is 12.5. The van der Waals surface area contributed by atoms with Gasteiger partial charge >= 0.3 is 17.8 Å². The lowest BCUT2D eigenvalue weighted by Gasteiger charge is -2.56. The van der Waals surface area contributed by atoms with E-state index in [0.29, 0.717) is 35.6 Å². The summed E-state index contributed by atoms with van der Waals surface area (Å²) in [6.07, 6.45) is 6.88. The number of anilines is 1. The summed E-state index contributed by atoms with van der Waals surface area (Å²) >= 11 is 0. The molecule has 6 heteroatoms. The molecule has 6 nitrogen and oxygen atoms in total. The molecule has 1 aromatic carbocycles. The molecule has 1 aromatic rings. The molecule has 4 bridgehead atoms. The Labute approximate surface area is 159 Å². The van der Waals surface area contributed by atoms with Gasteiger partial charge in [0.1, 0.15) is 0 Å². The van der Waals surface area contributed by atoms with Crippen molar-refractivity contribution in [3.05, 3.63) is 29.8 Å². The Morgan fingerprint density at radius 3 is 2.04 bits per heavy atom. The summed E-state index contributed by atoms with van der Waals surface area (Å²) in [4.78, 5) is 36.5. The zero-order valence-corrected chi connectivity index (χ0v) is 15.6. The number of esters is 1. The van der Waals surface area contributed by atoms with Gasteiger partial charge in [0.05, 0.1) is 12.2 Å². The molecule has 4 aliphatic carbocycles. The van der Waals surface area contributed by atoms with Crippen LogP contribution in [-0.2, 0) is 14.3 Å². The first-order chi connectivity index (χ1) is 13.0. The quantitative estimate of drug-likeness (QED) is 0.630. The lowest BCUT2D eigenvalue weighted by Crippen LogP contribution is -2.61. The lowest BCUT2D eigenvalue weighted by molar-refractivity contribution is -0.139. The Kier molecular flexibility index (Phi) is 4.66. The van der Waals surface area contributed by atoms with Gasteiger partial charge in [-0.3, -0.25) is 9.59 Å². The van der Waals surface area contributed by atoms with Crippen LogP contribution in [0.4, 0.5) is 5.69 Å². The number of benzene rings is 1. The zero-order valence-electron chi connectivity index (χ0n) is 15.6. The molecule has 5 rings (SSSR count). The van der Waals surface area contributed by atoms with Gasteiger partial charge in [0, 0.05) is 11.2 Å². The van der Waals surface area contributed by atoms with Crippen molar-refractivity contribution in [1.82, 2.24) is 5.32 Å². The van der Waals surface area contributed by atoms with E-state index in [1.54, 1.807) is 31.2 Å². The molecule has 4 saturated carbocycles. The summed E-state index contributed by atoms with van der Waals surface area (Å²) in [5.41, 5.74) is 0.707. The molecule has 4 fully saturated rings. The van der Waals surface area contributed by atoms with Crippen LogP contribution in [0.1, 0.15) is 55.8 Å². The minimum atomic E-state index is -0.658. The molecule has 4 aliphatic rings. The van der Waals surface area contributed by atoms with Crippen molar-refractivity contribution < 1.29 is 19.1 Å². The van der Waals surface area contributed by atoms with Gasteiger partial charge in [-0.2, -0.15) is 0 Å². The summed E-state index contributed by atoms with van der Waals surface area (Å²) in [7, 11) is 0. The largest absolute Gasteiger partial charge is 0.462 e. The van der Waals surface area contributed by atoms with E-state index < -0.39 is 17.8 Å². The van der Waals surface area contributed by atoms with Crippen LogP contribution in [0.2, 0.25) is 0 Å². The second-order valence-corrected chi connectivity index (χ2v) is 8.40. The van der Waals surface area contributed by atoms with Crippen molar-refractivity contribution in [3.8, 4) is 0 Å². The molecule has 2 N–H and O–H groups in total. The Balaban J connectivity index is 1.36. The highest BCUT2D eigenvalue weighted by molar-refractivity contribution is 6.39. The van der Waals surface area contributed by atoms with E-state index in [1.807, 2.05) is 0 Å². The number of carbonyl (C=O) groups is 3. The number of hydrogen-bond acceptors (Lipinski definition) is 4. The lowest BCUT2D eigenvalue weighted by atomic mass is 9.53. The summed E-state index contributed by atoms with van der Waals surface area (Å²) in [6, 6.07) is 6.35. The fraction of sp³-hybridized carbons (Fsp3) is 0.571. The van der Waals surface area contributed by atoms with Crippen LogP contribution in [0, 0.1) is 17.8 Å². The first kappa shape index (κ1) is 18.0. The number of rotatable bonds is 4. The number of carbonyl (C=O) groups excluding carboxylic acids is 3. The van der Waals surface area contributed by atoms with Crippen LogP contribution < -0.4 is 10.6 Å². The van der Waals surface area contributed by atoms with Crippen LogP contribution in [0.5, 0.6) is 0 Å². The molecule has 0 heterocycles. The summed E-state index contributed by atoms with van der Waals surface area (Å²) in [5.74, 6) is 0.482. The molecule has 0 spiro atoms. The molecule has 0 radical (unpaired) electrons. The third-order valence-corrected chi connectivity index (χ3v) is 6.28. The van der Waals surface area contributed by atoms with Gasteiger partial charge in [-0.15, -0.1) is 0 Å². The van der Waals surface area contributed by atoms with Crippen LogP contribution in [-0.4, -0.2) is 29.9 Å². The maximum Gasteiger partial charge on any atom is 0.338 e.